The molecule has 2 aliphatic carbocycles. The second kappa shape index (κ2) is 16.5. The van der Waals surface area contributed by atoms with Crippen molar-refractivity contribution in [1.82, 2.24) is 15.0 Å². The van der Waals surface area contributed by atoms with Crippen molar-refractivity contribution < 1.29 is 9.59 Å². The van der Waals surface area contributed by atoms with E-state index in [0.717, 1.165) is 22.5 Å². The van der Waals surface area contributed by atoms with Crippen molar-refractivity contribution >= 4 is 40.2 Å². The van der Waals surface area contributed by atoms with Crippen molar-refractivity contribution in [3.8, 4) is 0 Å². The summed E-state index contributed by atoms with van der Waals surface area (Å²) in [7, 11) is 0. The largest absolute Gasteiger partial charge is 0.353 e. The van der Waals surface area contributed by atoms with Gasteiger partial charge in [-0.1, -0.05) is 89.4 Å². The molecule has 1 aromatic rings. The molecule has 0 aromatic carbocycles. The molecule has 1 atom stereocenters. The number of nitrogens with zero attached hydrogens (tertiary/aromatic N) is 1. The summed E-state index contributed by atoms with van der Waals surface area (Å²) >= 11 is 2.77. The molecule has 0 radical (unpaired) electrons. The van der Waals surface area contributed by atoms with E-state index in [1.807, 2.05) is 13.8 Å². The van der Waals surface area contributed by atoms with Crippen molar-refractivity contribution in [2.75, 3.05) is 11.9 Å². The Morgan fingerprint density at radius 3 is 2.26 bits per heavy atom. The molecule has 1 aromatic heterocycles. The fourth-order valence-electron chi connectivity index (χ4n) is 4.70. The van der Waals surface area contributed by atoms with E-state index in [1.54, 1.807) is 6.20 Å². The van der Waals surface area contributed by atoms with E-state index in [1.165, 1.54) is 87.5 Å². The molecule has 0 spiro atoms. The van der Waals surface area contributed by atoms with Crippen LogP contribution in [0.25, 0.3) is 0 Å². The highest BCUT2D eigenvalue weighted by Crippen LogP contribution is 2.32. The molecule has 0 saturated heterocycles. The number of nitrogens with one attached hydrogen (secondary N) is 3. The predicted octanol–water partition coefficient (Wildman–Crippen LogP) is 6.79. The Morgan fingerprint density at radius 2 is 1.68 bits per heavy atom. The predicted molar refractivity (Wildman–Crippen MR) is 145 cm³/mol. The molecule has 2 saturated carbocycles. The quantitative estimate of drug-likeness (QED) is 0.302. The zero-order chi connectivity index (χ0) is 24.8. The third-order valence-electron chi connectivity index (χ3n) is 6.76. The van der Waals surface area contributed by atoms with Gasteiger partial charge >= 0.3 is 0 Å². The van der Waals surface area contributed by atoms with Gasteiger partial charge in [0.05, 0.1) is 17.0 Å². The molecule has 3 N–H and O–H groups in total. The molecule has 34 heavy (non-hydrogen) atoms. The van der Waals surface area contributed by atoms with Crippen LogP contribution in [0.2, 0.25) is 0 Å². The minimum atomic E-state index is -0.0392. The van der Waals surface area contributed by atoms with E-state index in [9.17, 15) is 9.59 Å². The average Bonchev–Trinajstić information content (AvgIpc) is 3.25. The lowest BCUT2D eigenvalue weighted by atomic mass is 9.79. The minimum absolute atomic E-state index is 0.0350. The molecule has 2 amide bonds. The molecular weight excluding hydrogens is 464 g/mol. The molecular formula is C26H46N4O2S2. The first-order valence-electron chi connectivity index (χ1n) is 13.3. The zero-order valence-corrected chi connectivity index (χ0v) is 23.3. The summed E-state index contributed by atoms with van der Waals surface area (Å²) in [4.78, 5) is 28.0. The van der Waals surface area contributed by atoms with Crippen LogP contribution in [0.5, 0.6) is 0 Å². The Morgan fingerprint density at radius 1 is 1.03 bits per heavy atom. The standard InChI is InChI=1S/C19H32N4O2S2.C7H14/c1-13(2)22-17(25)11-21-27-18-12-20-19(26-18)23-16(24)10-9-14(3)15-7-5-4-6-8-15;1-7-5-3-2-4-6-7/h12-15,21H,4-11H2,1-3H3,(H,22,25)(H,20,23,24);7H,2-6H2,1H3. The third kappa shape index (κ3) is 12.5. The molecule has 2 fully saturated rings. The van der Waals surface area contributed by atoms with Crippen LogP contribution in [0.3, 0.4) is 0 Å². The molecule has 1 heterocycles. The van der Waals surface area contributed by atoms with Gasteiger partial charge in [-0.25, -0.2) is 9.71 Å². The highest BCUT2D eigenvalue weighted by Gasteiger charge is 2.20. The number of anilines is 1. The first kappa shape index (κ1) is 29.1. The first-order valence-corrected chi connectivity index (χ1v) is 14.9. The van der Waals surface area contributed by atoms with Crippen LogP contribution in [0.1, 0.15) is 105 Å². The van der Waals surface area contributed by atoms with Gasteiger partial charge in [0.2, 0.25) is 11.8 Å². The van der Waals surface area contributed by atoms with Crippen LogP contribution < -0.4 is 15.4 Å². The van der Waals surface area contributed by atoms with Crippen LogP contribution >= 0.6 is 23.3 Å². The Balaban J connectivity index is 0.000000497. The number of aromatic nitrogens is 1. The summed E-state index contributed by atoms with van der Waals surface area (Å²) in [5.41, 5.74) is 0. The number of thiazole rings is 1. The van der Waals surface area contributed by atoms with Gasteiger partial charge < -0.3 is 10.6 Å². The molecule has 3 rings (SSSR count). The molecule has 0 bridgehead atoms. The van der Waals surface area contributed by atoms with Gasteiger partial charge in [0.25, 0.3) is 0 Å². The second-order valence-corrected chi connectivity index (χ2v) is 12.6. The fraction of sp³-hybridized carbons (Fsp3) is 0.808. The van der Waals surface area contributed by atoms with Crippen molar-refractivity contribution in [2.24, 2.45) is 17.8 Å². The Bertz CT molecular complexity index is 713. The summed E-state index contributed by atoms with van der Waals surface area (Å²) in [6.45, 7) is 8.74. The smallest absolute Gasteiger partial charge is 0.235 e. The van der Waals surface area contributed by atoms with Crippen molar-refractivity contribution in [2.45, 2.75) is 115 Å². The molecule has 194 valence electrons. The maximum Gasteiger partial charge on any atom is 0.235 e. The molecule has 8 heteroatoms. The maximum atomic E-state index is 12.2. The van der Waals surface area contributed by atoms with E-state index in [0.29, 0.717) is 17.5 Å². The summed E-state index contributed by atoms with van der Waals surface area (Å²) in [5, 5.41) is 6.33. The van der Waals surface area contributed by atoms with Crippen LogP contribution in [0.15, 0.2) is 10.4 Å². The first-order chi connectivity index (χ1) is 16.3. The normalized spacial score (nSPS) is 18.1. The fourth-order valence-corrected chi connectivity index (χ4v) is 6.29. The Hall–Kier alpha value is -1.12. The topological polar surface area (TPSA) is 83.1 Å². The van der Waals surface area contributed by atoms with Gasteiger partial charge in [0, 0.05) is 12.5 Å². The van der Waals surface area contributed by atoms with Gasteiger partial charge in [-0.15, -0.1) is 0 Å². The lowest BCUT2D eigenvalue weighted by molar-refractivity contribution is -0.120. The van der Waals surface area contributed by atoms with Gasteiger partial charge in [-0.05, 0) is 50.0 Å². The Labute approximate surface area is 215 Å². The summed E-state index contributed by atoms with van der Waals surface area (Å²) in [6.07, 6.45) is 17.3. The molecule has 2 aliphatic rings. The number of carbonyl (C=O) groups is 2. The second-order valence-electron chi connectivity index (χ2n) is 10.3. The lowest BCUT2D eigenvalue weighted by Gasteiger charge is -2.27. The van der Waals surface area contributed by atoms with E-state index in [-0.39, 0.29) is 24.4 Å². The van der Waals surface area contributed by atoms with Crippen LogP contribution in [0, 0.1) is 17.8 Å². The van der Waals surface area contributed by atoms with E-state index >= 15 is 0 Å². The zero-order valence-electron chi connectivity index (χ0n) is 21.7. The van der Waals surface area contributed by atoms with E-state index in [2.05, 4.69) is 34.2 Å². The number of carbonyl (C=O) groups excluding carboxylic acids is 2. The summed E-state index contributed by atoms with van der Waals surface area (Å²) < 4.78 is 3.93. The van der Waals surface area contributed by atoms with E-state index in [4.69, 9.17) is 0 Å². The number of amides is 2. The molecule has 6 nitrogen and oxygen atoms in total. The van der Waals surface area contributed by atoms with Crippen LogP contribution in [0.4, 0.5) is 5.13 Å². The minimum Gasteiger partial charge on any atom is -0.353 e. The van der Waals surface area contributed by atoms with Gasteiger partial charge in [0.15, 0.2) is 5.13 Å². The molecule has 1 unspecified atom stereocenters. The van der Waals surface area contributed by atoms with Gasteiger partial charge in [0.1, 0.15) is 0 Å². The van der Waals surface area contributed by atoms with Gasteiger partial charge in [-0.2, -0.15) is 0 Å². The van der Waals surface area contributed by atoms with Crippen LogP contribution in [-0.2, 0) is 9.59 Å². The highest BCUT2D eigenvalue weighted by molar-refractivity contribution is 7.99. The summed E-state index contributed by atoms with van der Waals surface area (Å²) in [6, 6.07) is 0.135. The van der Waals surface area contributed by atoms with Gasteiger partial charge in [-0.3, -0.25) is 9.59 Å². The highest BCUT2D eigenvalue weighted by atomic mass is 32.2. The third-order valence-corrected chi connectivity index (χ3v) is 8.56. The molecule has 0 aliphatic heterocycles. The monoisotopic (exact) mass is 510 g/mol. The number of hydrogen-bond acceptors (Lipinski definition) is 6. The van der Waals surface area contributed by atoms with E-state index < -0.39 is 0 Å². The average molecular weight is 511 g/mol. The van der Waals surface area contributed by atoms with Crippen molar-refractivity contribution in [3.63, 3.8) is 0 Å². The van der Waals surface area contributed by atoms with Crippen LogP contribution in [-0.4, -0.2) is 29.4 Å². The Kier molecular flexibility index (Phi) is 14.2. The number of hydrogen-bond donors (Lipinski definition) is 3. The van der Waals surface area contributed by atoms with Crippen molar-refractivity contribution in [3.05, 3.63) is 6.20 Å². The SMILES string of the molecule is CC(C)NC(=O)CNSc1cnc(NC(=O)CCC(C)C2CCCCC2)s1.CC1CCCCC1. The number of rotatable bonds is 10. The van der Waals surface area contributed by atoms with Crippen molar-refractivity contribution in [1.29, 1.82) is 0 Å². The lowest BCUT2D eigenvalue weighted by Crippen LogP contribution is -2.35. The maximum absolute atomic E-state index is 12.2. The summed E-state index contributed by atoms with van der Waals surface area (Å²) in [5.74, 6) is 2.43.